The van der Waals surface area contributed by atoms with E-state index in [-0.39, 0.29) is 23.4 Å². The lowest BCUT2D eigenvalue weighted by Crippen LogP contribution is -2.52. The van der Waals surface area contributed by atoms with Crippen LogP contribution in [0.25, 0.3) is 0 Å². The van der Waals surface area contributed by atoms with Gasteiger partial charge >= 0.3 is 0 Å². The maximum atomic E-state index is 13.8. The van der Waals surface area contributed by atoms with Crippen LogP contribution in [0.2, 0.25) is 5.02 Å². The lowest BCUT2D eigenvalue weighted by molar-refractivity contribution is -0.139. The fraction of sp³-hybridized carbons (Fsp3) is 0.259. The summed E-state index contributed by atoms with van der Waals surface area (Å²) in [7, 11) is -4.07. The summed E-state index contributed by atoms with van der Waals surface area (Å²) in [5.74, 6) is -0.844. The molecule has 0 aliphatic heterocycles. The molecule has 3 aromatic rings. The van der Waals surface area contributed by atoms with Crippen LogP contribution < -0.4 is 9.62 Å². The van der Waals surface area contributed by atoms with E-state index in [0.717, 1.165) is 13.4 Å². The van der Waals surface area contributed by atoms with Crippen molar-refractivity contribution >= 4 is 61.7 Å². The number of amides is 2. The van der Waals surface area contributed by atoms with Crippen molar-refractivity contribution < 1.29 is 18.0 Å². The maximum Gasteiger partial charge on any atom is 0.264 e. The third-order valence-electron chi connectivity index (χ3n) is 5.59. The van der Waals surface area contributed by atoms with E-state index in [1.165, 1.54) is 17.0 Å². The van der Waals surface area contributed by atoms with E-state index in [0.29, 0.717) is 10.7 Å². The number of carbonyl (C=O) groups excluding carboxylic acids is 2. The number of nitrogens with zero attached hydrogens (tertiary/aromatic N) is 2. The Kier molecular flexibility index (Phi) is 9.97. The molecule has 3 rings (SSSR count). The SMILES string of the molecule is CC(C)NC(=O)[C@H](C)N(Cc1ccc(Cl)cc1)C(=O)CN(c1ccc(I)cc1)S(=O)(=O)c1ccccc1. The molecular formula is C27H29ClIN3O4S. The number of halogens is 2. The molecule has 1 N–H and O–H groups in total. The molecule has 0 aromatic heterocycles. The van der Waals surface area contributed by atoms with Crippen molar-refractivity contribution in [2.75, 3.05) is 10.8 Å². The molecule has 10 heteroatoms. The van der Waals surface area contributed by atoms with E-state index < -0.39 is 28.5 Å². The summed E-state index contributed by atoms with van der Waals surface area (Å²) in [6, 6.07) is 20.8. The van der Waals surface area contributed by atoms with E-state index in [1.54, 1.807) is 73.7 Å². The average molecular weight is 654 g/mol. The molecule has 0 aliphatic rings. The van der Waals surface area contributed by atoms with Gasteiger partial charge in [-0.1, -0.05) is 41.9 Å². The van der Waals surface area contributed by atoms with Gasteiger partial charge in [-0.3, -0.25) is 13.9 Å². The Morgan fingerprint density at radius 2 is 1.51 bits per heavy atom. The second-order valence-electron chi connectivity index (χ2n) is 8.79. The number of rotatable bonds is 10. The Morgan fingerprint density at radius 3 is 2.08 bits per heavy atom. The van der Waals surface area contributed by atoms with Crippen LogP contribution in [0.5, 0.6) is 0 Å². The number of anilines is 1. The minimum Gasteiger partial charge on any atom is -0.352 e. The van der Waals surface area contributed by atoms with E-state index >= 15 is 0 Å². The van der Waals surface area contributed by atoms with E-state index in [9.17, 15) is 18.0 Å². The second-order valence-corrected chi connectivity index (χ2v) is 12.3. The van der Waals surface area contributed by atoms with Gasteiger partial charge in [-0.2, -0.15) is 0 Å². The van der Waals surface area contributed by atoms with Gasteiger partial charge in [-0.15, -0.1) is 0 Å². The molecule has 1 atom stereocenters. The highest BCUT2D eigenvalue weighted by Gasteiger charge is 2.32. The lowest BCUT2D eigenvalue weighted by Gasteiger charge is -2.32. The van der Waals surface area contributed by atoms with Crippen LogP contribution in [0, 0.1) is 3.57 Å². The molecule has 7 nitrogen and oxygen atoms in total. The quantitative estimate of drug-likeness (QED) is 0.309. The smallest absolute Gasteiger partial charge is 0.264 e. The van der Waals surface area contributed by atoms with Crippen LogP contribution in [-0.2, 0) is 26.2 Å². The van der Waals surface area contributed by atoms with E-state index in [4.69, 9.17) is 11.6 Å². The van der Waals surface area contributed by atoms with Gasteiger partial charge in [-0.05, 0) is 97.5 Å². The summed E-state index contributed by atoms with van der Waals surface area (Å²) in [6.07, 6.45) is 0. The zero-order valence-corrected chi connectivity index (χ0v) is 24.5. The van der Waals surface area contributed by atoms with Crippen LogP contribution in [0.15, 0.2) is 83.8 Å². The zero-order chi connectivity index (χ0) is 27.2. The molecule has 196 valence electrons. The highest BCUT2D eigenvalue weighted by atomic mass is 127. The Morgan fingerprint density at radius 1 is 0.919 bits per heavy atom. The standard InChI is InChI=1S/C27H29ClIN3O4S/c1-19(2)30-27(34)20(3)31(17-21-9-11-22(28)12-10-21)26(33)18-32(24-15-13-23(29)14-16-24)37(35,36)25-7-5-4-6-8-25/h4-16,19-20H,17-18H2,1-3H3,(H,30,34)/t20-/m0/s1. The van der Waals surface area contributed by atoms with Gasteiger partial charge in [0.05, 0.1) is 10.6 Å². The Bertz CT molecular complexity index is 1320. The summed E-state index contributed by atoms with van der Waals surface area (Å²) in [6.45, 7) is 4.92. The van der Waals surface area contributed by atoms with Crippen molar-refractivity contribution in [3.63, 3.8) is 0 Å². The van der Waals surface area contributed by atoms with Gasteiger partial charge < -0.3 is 10.2 Å². The third kappa shape index (κ3) is 7.68. The fourth-order valence-corrected chi connectivity index (χ4v) is 5.55. The molecule has 0 fully saturated rings. The average Bonchev–Trinajstić information content (AvgIpc) is 2.87. The molecule has 0 spiro atoms. The summed E-state index contributed by atoms with van der Waals surface area (Å²) >= 11 is 8.15. The van der Waals surface area contributed by atoms with Gasteiger partial charge in [0.25, 0.3) is 10.0 Å². The largest absolute Gasteiger partial charge is 0.352 e. The first kappa shape index (κ1) is 28.9. The normalized spacial score (nSPS) is 12.2. The lowest BCUT2D eigenvalue weighted by atomic mass is 10.1. The molecular weight excluding hydrogens is 625 g/mol. The van der Waals surface area contributed by atoms with Crippen molar-refractivity contribution in [1.29, 1.82) is 0 Å². The number of hydrogen-bond acceptors (Lipinski definition) is 4. The number of benzene rings is 3. The van der Waals surface area contributed by atoms with Crippen molar-refractivity contribution in [3.8, 4) is 0 Å². The van der Waals surface area contributed by atoms with Crippen LogP contribution >= 0.6 is 34.2 Å². The number of sulfonamides is 1. The summed E-state index contributed by atoms with van der Waals surface area (Å²) in [5, 5.41) is 3.38. The first-order chi connectivity index (χ1) is 17.5. The molecule has 0 saturated heterocycles. The monoisotopic (exact) mass is 653 g/mol. The molecule has 37 heavy (non-hydrogen) atoms. The van der Waals surface area contributed by atoms with Crippen molar-refractivity contribution in [2.45, 2.75) is 44.3 Å². The number of carbonyl (C=O) groups is 2. The topological polar surface area (TPSA) is 86.8 Å². The van der Waals surface area contributed by atoms with Gasteiger partial charge in [0.1, 0.15) is 12.6 Å². The molecule has 0 heterocycles. The van der Waals surface area contributed by atoms with Gasteiger partial charge in [0.15, 0.2) is 0 Å². The molecule has 0 saturated carbocycles. The van der Waals surface area contributed by atoms with Crippen LogP contribution in [0.4, 0.5) is 5.69 Å². The summed E-state index contributed by atoms with van der Waals surface area (Å²) in [5.41, 5.74) is 1.11. The first-order valence-corrected chi connectivity index (χ1v) is 14.6. The number of hydrogen-bond donors (Lipinski definition) is 1. The minimum absolute atomic E-state index is 0.0659. The van der Waals surface area contributed by atoms with Gasteiger partial charge in [-0.25, -0.2) is 8.42 Å². The minimum atomic E-state index is -4.07. The summed E-state index contributed by atoms with van der Waals surface area (Å²) < 4.78 is 29.4. The third-order valence-corrected chi connectivity index (χ3v) is 8.35. The Hall–Kier alpha value is -2.63. The summed E-state index contributed by atoms with van der Waals surface area (Å²) in [4.78, 5) is 28.1. The van der Waals surface area contributed by atoms with Crippen molar-refractivity contribution in [1.82, 2.24) is 10.2 Å². The highest BCUT2D eigenvalue weighted by molar-refractivity contribution is 14.1. The van der Waals surface area contributed by atoms with Crippen LogP contribution in [0.1, 0.15) is 26.3 Å². The molecule has 0 radical (unpaired) electrons. The van der Waals surface area contributed by atoms with Crippen molar-refractivity contribution in [2.24, 2.45) is 0 Å². The first-order valence-electron chi connectivity index (χ1n) is 11.7. The fourth-order valence-electron chi connectivity index (χ4n) is 3.63. The zero-order valence-electron chi connectivity index (χ0n) is 20.8. The second kappa shape index (κ2) is 12.7. The Labute approximate surface area is 237 Å². The number of nitrogens with one attached hydrogen (secondary N) is 1. The molecule has 0 unspecified atom stereocenters. The van der Waals surface area contributed by atoms with Crippen LogP contribution in [-0.4, -0.2) is 43.8 Å². The predicted octanol–water partition coefficient (Wildman–Crippen LogP) is 5.08. The van der Waals surface area contributed by atoms with Crippen LogP contribution in [0.3, 0.4) is 0 Å². The maximum absolute atomic E-state index is 13.8. The van der Waals surface area contributed by atoms with Gasteiger partial charge in [0, 0.05) is 21.2 Å². The molecule has 0 bridgehead atoms. The Balaban J connectivity index is 2.00. The van der Waals surface area contributed by atoms with Gasteiger partial charge in [0.2, 0.25) is 11.8 Å². The highest BCUT2D eigenvalue weighted by Crippen LogP contribution is 2.25. The predicted molar refractivity (Wildman–Crippen MR) is 155 cm³/mol. The van der Waals surface area contributed by atoms with E-state index in [2.05, 4.69) is 27.9 Å². The molecule has 2 amide bonds. The van der Waals surface area contributed by atoms with E-state index in [1.807, 2.05) is 13.8 Å². The van der Waals surface area contributed by atoms with Crippen molar-refractivity contribution in [3.05, 3.63) is 93.0 Å². The molecule has 0 aliphatic carbocycles. The molecule has 3 aromatic carbocycles.